The normalized spacial score (nSPS) is 12.3. The standard InChI is InChI=1S/C15H18FNOS/c1-9-7-13(11(3)19-9)10(2)17-15-8-12(18-4)5-6-14(15)16/h5-8,10,17H,1-4H3. The van der Waals surface area contributed by atoms with Crippen molar-refractivity contribution in [1.82, 2.24) is 0 Å². The molecule has 102 valence electrons. The maximum atomic E-state index is 13.8. The van der Waals surface area contributed by atoms with Crippen molar-refractivity contribution in [3.05, 3.63) is 45.4 Å². The summed E-state index contributed by atoms with van der Waals surface area (Å²) >= 11 is 1.76. The highest BCUT2D eigenvalue weighted by molar-refractivity contribution is 7.12. The lowest BCUT2D eigenvalue weighted by Gasteiger charge is -2.16. The zero-order chi connectivity index (χ0) is 14.0. The molecule has 2 rings (SSSR count). The van der Waals surface area contributed by atoms with E-state index in [1.54, 1.807) is 30.6 Å². The lowest BCUT2D eigenvalue weighted by atomic mass is 10.1. The number of ether oxygens (including phenoxy) is 1. The number of thiophene rings is 1. The molecule has 1 aromatic heterocycles. The average molecular weight is 279 g/mol. The number of halogens is 1. The van der Waals surface area contributed by atoms with E-state index in [0.717, 1.165) is 0 Å². The van der Waals surface area contributed by atoms with Crippen molar-refractivity contribution >= 4 is 17.0 Å². The van der Waals surface area contributed by atoms with Crippen LogP contribution < -0.4 is 10.1 Å². The fourth-order valence-electron chi connectivity index (χ4n) is 2.13. The smallest absolute Gasteiger partial charge is 0.146 e. The summed E-state index contributed by atoms with van der Waals surface area (Å²) in [5.74, 6) is 0.381. The van der Waals surface area contributed by atoms with Crippen LogP contribution in [0.15, 0.2) is 24.3 Å². The molecule has 19 heavy (non-hydrogen) atoms. The van der Waals surface area contributed by atoms with Gasteiger partial charge in [-0.25, -0.2) is 4.39 Å². The maximum absolute atomic E-state index is 13.8. The van der Waals surface area contributed by atoms with Gasteiger partial charge in [0.2, 0.25) is 0 Å². The van der Waals surface area contributed by atoms with Gasteiger partial charge in [-0.2, -0.15) is 0 Å². The minimum atomic E-state index is -0.266. The first kappa shape index (κ1) is 13.9. The van der Waals surface area contributed by atoms with Crippen molar-refractivity contribution in [2.75, 3.05) is 12.4 Å². The fourth-order valence-corrected chi connectivity index (χ4v) is 3.16. The Kier molecular flexibility index (Phi) is 4.10. The Morgan fingerprint density at radius 1 is 1.26 bits per heavy atom. The number of benzene rings is 1. The molecular formula is C15H18FNOS. The van der Waals surface area contributed by atoms with Crippen LogP contribution in [0.3, 0.4) is 0 Å². The van der Waals surface area contributed by atoms with Crippen molar-refractivity contribution in [2.24, 2.45) is 0 Å². The molecule has 0 saturated heterocycles. The van der Waals surface area contributed by atoms with Gasteiger partial charge in [0.1, 0.15) is 11.6 Å². The first-order chi connectivity index (χ1) is 9.01. The number of aryl methyl sites for hydroxylation is 2. The predicted molar refractivity (Wildman–Crippen MR) is 78.8 cm³/mol. The zero-order valence-corrected chi connectivity index (χ0v) is 12.4. The van der Waals surface area contributed by atoms with Crippen LogP contribution in [0.25, 0.3) is 0 Å². The fraction of sp³-hybridized carbons (Fsp3) is 0.333. The van der Waals surface area contributed by atoms with Crippen LogP contribution >= 0.6 is 11.3 Å². The molecule has 0 bridgehead atoms. The van der Waals surface area contributed by atoms with E-state index in [9.17, 15) is 4.39 Å². The van der Waals surface area contributed by atoms with Crippen LogP contribution in [-0.4, -0.2) is 7.11 Å². The molecule has 0 radical (unpaired) electrons. The minimum Gasteiger partial charge on any atom is -0.497 e. The quantitative estimate of drug-likeness (QED) is 0.877. The summed E-state index contributed by atoms with van der Waals surface area (Å²) in [4.78, 5) is 2.54. The highest BCUT2D eigenvalue weighted by atomic mass is 32.1. The molecule has 0 amide bonds. The summed E-state index contributed by atoms with van der Waals surface area (Å²) in [7, 11) is 1.58. The number of methoxy groups -OCH3 is 1. The SMILES string of the molecule is COc1ccc(F)c(NC(C)c2cc(C)sc2C)c1. The lowest BCUT2D eigenvalue weighted by Crippen LogP contribution is -2.08. The van der Waals surface area contributed by atoms with Gasteiger partial charge < -0.3 is 10.1 Å². The van der Waals surface area contributed by atoms with Crippen molar-refractivity contribution in [1.29, 1.82) is 0 Å². The Morgan fingerprint density at radius 2 is 2.00 bits per heavy atom. The molecule has 2 aromatic rings. The summed E-state index contributed by atoms with van der Waals surface area (Å²) in [6.07, 6.45) is 0. The third-order valence-corrected chi connectivity index (χ3v) is 4.07. The van der Waals surface area contributed by atoms with E-state index in [1.807, 2.05) is 6.92 Å². The van der Waals surface area contributed by atoms with E-state index >= 15 is 0 Å². The number of rotatable bonds is 4. The molecule has 4 heteroatoms. The van der Waals surface area contributed by atoms with E-state index in [1.165, 1.54) is 21.4 Å². The average Bonchev–Trinajstić information content (AvgIpc) is 2.71. The van der Waals surface area contributed by atoms with Crippen LogP contribution in [0.5, 0.6) is 5.75 Å². The summed E-state index contributed by atoms with van der Waals surface area (Å²) < 4.78 is 18.9. The summed E-state index contributed by atoms with van der Waals surface area (Å²) in [6, 6.07) is 6.92. The predicted octanol–water partition coefficient (Wildman–Crippen LogP) is 4.69. The highest BCUT2D eigenvalue weighted by Gasteiger charge is 2.13. The second-order valence-electron chi connectivity index (χ2n) is 4.58. The van der Waals surface area contributed by atoms with E-state index in [2.05, 4.69) is 25.2 Å². The third kappa shape index (κ3) is 3.07. The van der Waals surface area contributed by atoms with Crippen molar-refractivity contribution in [2.45, 2.75) is 26.8 Å². The molecule has 1 unspecified atom stereocenters. The zero-order valence-electron chi connectivity index (χ0n) is 11.6. The number of anilines is 1. The Morgan fingerprint density at radius 3 is 2.58 bits per heavy atom. The van der Waals surface area contributed by atoms with Gasteiger partial charge in [-0.15, -0.1) is 11.3 Å². The summed E-state index contributed by atoms with van der Waals surface area (Å²) in [5, 5.41) is 3.21. The second-order valence-corrected chi connectivity index (χ2v) is 6.04. The molecule has 0 aliphatic carbocycles. The Bertz CT molecular complexity index is 580. The van der Waals surface area contributed by atoms with Gasteiger partial charge in [0, 0.05) is 21.9 Å². The van der Waals surface area contributed by atoms with Crippen LogP contribution in [0, 0.1) is 19.7 Å². The van der Waals surface area contributed by atoms with Gasteiger partial charge in [0.25, 0.3) is 0 Å². The van der Waals surface area contributed by atoms with E-state index in [4.69, 9.17) is 4.74 Å². The first-order valence-electron chi connectivity index (χ1n) is 6.18. The van der Waals surface area contributed by atoms with Crippen LogP contribution in [-0.2, 0) is 0 Å². The lowest BCUT2D eigenvalue weighted by molar-refractivity contribution is 0.414. The van der Waals surface area contributed by atoms with Crippen molar-refractivity contribution in [3.63, 3.8) is 0 Å². The Balaban J connectivity index is 2.23. The summed E-state index contributed by atoms with van der Waals surface area (Å²) in [6.45, 7) is 6.21. The van der Waals surface area contributed by atoms with Crippen LogP contribution in [0.1, 0.15) is 28.3 Å². The summed E-state index contributed by atoms with van der Waals surface area (Å²) in [5.41, 5.74) is 1.68. The van der Waals surface area contributed by atoms with Gasteiger partial charge in [-0.3, -0.25) is 0 Å². The van der Waals surface area contributed by atoms with Crippen LogP contribution in [0.2, 0.25) is 0 Å². The molecule has 1 heterocycles. The molecule has 0 fully saturated rings. The molecule has 1 aromatic carbocycles. The molecule has 1 atom stereocenters. The minimum absolute atomic E-state index is 0.0616. The highest BCUT2D eigenvalue weighted by Crippen LogP contribution is 2.30. The molecule has 1 N–H and O–H groups in total. The van der Waals surface area contributed by atoms with E-state index in [0.29, 0.717) is 11.4 Å². The van der Waals surface area contributed by atoms with E-state index < -0.39 is 0 Å². The maximum Gasteiger partial charge on any atom is 0.146 e. The molecule has 2 nitrogen and oxygen atoms in total. The van der Waals surface area contributed by atoms with Gasteiger partial charge in [0.15, 0.2) is 0 Å². The molecule has 0 spiro atoms. The Labute approximate surface area is 117 Å². The van der Waals surface area contributed by atoms with Crippen LogP contribution in [0.4, 0.5) is 10.1 Å². The largest absolute Gasteiger partial charge is 0.497 e. The number of nitrogens with one attached hydrogen (secondary N) is 1. The number of hydrogen-bond donors (Lipinski definition) is 1. The van der Waals surface area contributed by atoms with Crippen molar-refractivity contribution < 1.29 is 9.13 Å². The van der Waals surface area contributed by atoms with Crippen molar-refractivity contribution in [3.8, 4) is 5.75 Å². The third-order valence-electron chi connectivity index (χ3n) is 3.09. The Hall–Kier alpha value is -1.55. The monoisotopic (exact) mass is 279 g/mol. The molecular weight excluding hydrogens is 261 g/mol. The molecule has 0 saturated carbocycles. The van der Waals surface area contributed by atoms with E-state index in [-0.39, 0.29) is 11.9 Å². The molecule has 0 aliphatic rings. The molecule has 0 aliphatic heterocycles. The second kappa shape index (κ2) is 5.61. The number of hydrogen-bond acceptors (Lipinski definition) is 3. The first-order valence-corrected chi connectivity index (χ1v) is 7.00. The van der Waals surface area contributed by atoms with Gasteiger partial charge >= 0.3 is 0 Å². The van der Waals surface area contributed by atoms with Gasteiger partial charge in [-0.05, 0) is 44.5 Å². The van der Waals surface area contributed by atoms with Gasteiger partial charge in [-0.1, -0.05) is 0 Å². The topological polar surface area (TPSA) is 21.3 Å². The van der Waals surface area contributed by atoms with Gasteiger partial charge in [0.05, 0.1) is 12.8 Å².